The van der Waals surface area contributed by atoms with E-state index in [-0.39, 0.29) is 17.2 Å². The van der Waals surface area contributed by atoms with Gasteiger partial charge in [-0.05, 0) is 42.8 Å². The van der Waals surface area contributed by atoms with Crippen molar-refractivity contribution in [3.63, 3.8) is 0 Å². The van der Waals surface area contributed by atoms with E-state index in [0.717, 1.165) is 11.1 Å². The molecule has 3 aromatic rings. The summed E-state index contributed by atoms with van der Waals surface area (Å²) >= 11 is 0. The third kappa shape index (κ3) is 5.57. The molecule has 1 aromatic heterocycles. The molecule has 8 nitrogen and oxygen atoms in total. The third-order valence-electron chi connectivity index (χ3n) is 4.86. The number of pyridine rings is 1. The monoisotopic (exact) mass is 441 g/mol. The fraction of sp³-hybridized carbons (Fsp3) is 0.167. The van der Waals surface area contributed by atoms with Crippen LogP contribution in [0.2, 0.25) is 0 Å². The third-order valence-corrected chi connectivity index (χ3v) is 4.86. The van der Waals surface area contributed by atoms with E-state index in [2.05, 4.69) is 25.9 Å². The van der Waals surface area contributed by atoms with Gasteiger partial charge in [0, 0.05) is 31.4 Å². The van der Waals surface area contributed by atoms with Gasteiger partial charge in [-0.15, -0.1) is 0 Å². The lowest BCUT2D eigenvalue weighted by Gasteiger charge is -2.16. The number of nitrogens with one attached hydrogen (secondary N) is 3. The van der Waals surface area contributed by atoms with Crippen LogP contribution < -0.4 is 26.2 Å². The van der Waals surface area contributed by atoms with E-state index in [9.17, 15) is 9.59 Å². The second-order valence-corrected chi connectivity index (χ2v) is 7.17. The summed E-state index contributed by atoms with van der Waals surface area (Å²) in [5, 5.41) is 8.53. The summed E-state index contributed by atoms with van der Waals surface area (Å²) < 4.78 is 5.45. The van der Waals surface area contributed by atoms with Crippen molar-refractivity contribution in [3.8, 4) is 5.75 Å². The van der Waals surface area contributed by atoms with Gasteiger partial charge in [0.2, 0.25) is 0 Å². The van der Waals surface area contributed by atoms with Gasteiger partial charge in [0.1, 0.15) is 25.2 Å². The topological polar surface area (TPSA) is 105 Å². The molecule has 0 unspecified atom stereocenters. The van der Waals surface area contributed by atoms with Crippen LogP contribution in [0.3, 0.4) is 0 Å². The summed E-state index contributed by atoms with van der Waals surface area (Å²) in [5.41, 5.74) is 3.04. The Morgan fingerprint density at radius 1 is 1.00 bits per heavy atom. The van der Waals surface area contributed by atoms with Crippen LogP contribution in [-0.4, -0.2) is 51.7 Å². The molecule has 166 valence electrons. The van der Waals surface area contributed by atoms with E-state index >= 15 is 0 Å². The largest absolute Gasteiger partial charge is 0.495 e. The van der Waals surface area contributed by atoms with Crippen molar-refractivity contribution in [3.05, 3.63) is 77.0 Å². The summed E-state index contributed by atoms with van der Waals surface area (Å²) in [5.74, 6) is 0.573. The highest BCUT2D eigenvalue weighted by atomic mass is 16.5. The molecule has 0 saturated carbocycles. The fourth-order valence-corrected chi connectivity index (χ4v) is 3.24. The van der Waals surface area contributed by atoms with Crippen LogP contribution in [0.15, 0.2) is 59.7 Å². The average molecular weight is 441 g/mol. The number of aryl methyl sites for hydroxylation is 1. The second-order valence-electron chi connectivity index (χ2n) is 7.17. The number of carbonyl (C=O) groups is 2. The number of anilines is 2. The van der Waals surface area contributed by atoms with Gasteiger partial charge in [-0.25, -0.2) is 4.98 Å². The van der Waals surface area contributed by atoms with Crippen molar-refractivity contribution in [2.24, 2.45) is 4.99 Å². The van der Waals surface area contributed by atoms with Gasteiger partial charge < -0.3 is 20.7 Å². The number of amides is 2. The van der Waals surface area contributed by atoms with E-state index in [4.69, 9.17) is 12.6 Å². The molecule has 0 fully saturated rings. The number of nitrogens with zero attached hydrogens (tertiary/aromatic N) is 2. The number of ether oxygens (including phenoxy) is 1. The predicted octanol–water partition coefficient (Wildman–Crippen LogP) is 2.29. The van der Waals surface area contributed by atoms with E-state index in [0.29, 0.717) is 28.4 Å². The molecule has 0 spiro atoms. The van der Waals surface area contributed by atoms with E-state index in [1.807, 2.05) is 6.92 Å². The lowest BCUT2D eigenvalue weighted by Crippen LogP contribution is -2.21. The highest BCUT2D eigenvalue weighted by molar-refractivity contribution is 6.32. The molecule has 0 atom stereocenters. The Kier molecular flexibility index (Phi) is 7.45. The highest BCUT2D eigenvalue weighted by Gasteiger charge is 2.20. The summed E-state index contributed by atoms with van der Waals surface area (Å²) in [7, 11) is 10.6. The molecular formula is C24H24BN5O3. The molecule has 2 aromatic carbocycles. The molecule has 0 aliphatic rings. The van der Waals surface area contributed by atoms with Crippen LogP contribution in [0.25, 0.3) is 0 Å². The molecule has 9 heteroatoms. The predicted molar refractivity (Wildman–Crippen MR) is 131 cm³/mol. The summed E-state index contributed by atoms with van der Waals surface area (Å²) in [6.45, 7) is 1.83. The van der Waals surface area contributed by atoms with E-state index < -0.39 is 5.91 Å². The first-order valence-corrected chi connectivity index (χ1v) is 10.1. The molecule has 0 aliphatic heterocycles. The van der Waals surface area contributed by atoms with Crippen molar-refractivity contribution in [2.75, 3.05) is 31.8 Å². The summed E-state index contributed by atoms with van der Waals surface area (Å²) in [6.07, 6.45) is 1.45. The maximum atomic E-state index is 13.0. The van der Waals surface area contributed by atoms with Crippen molar-refractivity contribution in [1.82, 2.24) is 10.3 Å². The minimum atomic E-state index is -0.447. The van der Waals surface area contributed by atoms with Crippen molar-refractivity contribution in [1.29, 1.82) is 0 Å². The second kappa shape index (κ2) is 10.5. The molecule has 3 N–H and O–H groups in total. The quantitative estimate of drug-likeness (QED) is 0.309. The average Bonchev–Trinajstić information content (AvgIpc) is 2.82. The summed E-state index contributed by atoms with van der Waals surface area (Å²) in [6, 6.07) is 13.6. The fourth-order valence-electron chi connectivity index (χ4n) is 3.24. The Morgan fingerprint density at radius 3 is 2.27 bits per heavy atom. The Balaban J connectivity index is 1.90. The van der Waals surface area contributed by atoms with Crippen molar-refractivity contribution >= 4 is 42.5 Å². The Morgan fingerprint density at radius 2 is 1.70 bits per heavy atom. The number of rotatable bonds is 6. The maximum Gasteiger partial charge on any atom is 0.259 e. The number of aliphatic imine (C=N–C) groups is 1. The van der Waals surface area contributed by atoms with Crippen LogP contribution in [0.4, 0.5) is 11.5 Å². The van der Waals surface area contributed by atoms with Gasteiger partial charge in [-0.1, -0.05) is 23.7 Å². The number of hydrogen-bond donors (Lipinski definition) is 3. The van der Waals surface area contributed by atoms with Gasteiger partial charge in [0.25, 0.3) is 11.8 Å². The minimum absolute atomic E-state index is 0.242. The number of amidine groups is 1. The number of carbonyl (C=O) groups excluding carboxylic acids is 2. The van der Waals surface area contributed by atoms with Crippen molar-refractivity contribution < 1.29 is 14.3 Å². The molecule has 33 heavy (non-hydrogen) atoms. The van der Waals surface area contributed by atoms with Crippen LogP contribution in [-0.2, 0) is 0 Å². The van der Waals surface area contributed by atoms with Gasteiger partial charge in [0.15, 0.2) is 0 Å². The minimum Gasteiger partial charge on any atom is -0.495 e. The van der Waals surface area contributed by atoms with Gasteiger partial charge in [0.05, 0.1) is 18.4 Å². The first kappa shape index (κ1) is 23.5. The van der Waals surface area contributed by atoms with Gasteiger partial charge >= 0.3 is 0 Å². The number of aromatic nitrogens is 1. The molecule has 3 rings (SSSR count). The smallest absolute Gasteiger partial charge is 0.259 e. The summed E-state index contributed by atoms with van der Waals surface area (Å²) in [4.78, 5) is 34.3. The van der Waals surface area contributed by atoms with Crippen LogP contribution >= 0.6 is 0 Å². The standard InChI is InChI=1S/C24H24BN5O3/c1-14-11-18(24(32)29-20-10-9-17(25)13-28-20)21(19(12-14)33-4)30-23(31)16-7-5-15(6-8-16)22(26-2)27-3/h5-13H,1-4H3,(H,26,27)(H,30,31)(H,28,29,32). The zero-order valence-electron chi connectivity index (χ0n) is 18.9. The lowest BCUT2D eigenvalue weighted by molar-refractivity contribution is 0.102. The van der Waals surface area contributed by atoms with Gasteiger partial charge in [-0.3, -0.25) is 14.6 Å². The highest BCUT2D eigenvalue weighted by Crippen LogP contribution is 2.31. The SMILES string of the molecule is [B]c1ccc(NC(=O)c2cc(C)cc(OC)c2NC(=O)c2ccc(C(=NC)NC)cc2)nc1. The first-order valence-electron chi connectivity index (χ1n) is 10.1. The van der Waals surface area contributed by atoms with Gasteiger partial charge in [-0.2, -0.15) is 0 Å². The van der Waals surface area contributed by atoms with Crippen LogP contribution in [0.1, 0.15) is 31.8 Å². The van der Waals surface area contributed by atoms with E-state index in [1.54, 1.807) is 62.6 Å². The number of hydrogen-bond acceptors (Lipinski definition) is 5. The molecule has 2 radical (unpaired) electrons. The van der Waals surface area contributed by atoms with Crippen LogP contribution in [0, 0.1) is 6.92 Å². The zero-order chi connectivity index (χ0) is 24.0. The number of benzene rings is 2. The molecule has 0 saturated heterocycles. The van der Waals surface area contributed by atoms with Crippen molar-refractivity contribution in [2.45, 2.75) is 6.92 Å². The Labute approximate surface area is 193 Å². The molecule has 1 heterocycles. The first-order chi connectivity index (χ1) is 15.9. The maximum absolute atomic E-state index is 13.0. The lowest BCUT2D eigenvalue weighted by atomic mass is 9.99. The molecule has 0 aliphatic carbocycles. The van der Waals surface area contributed by atoms with Crippen LogP contribution in [0.5, 0.6) is 5.75 Å². The molecule has 2 amide bonds. The number of methoxy groups -OCH3 is 1. The van der Waals surface area contributed by atoms with E-state index in [1.165, 1.54) is 13.3 Å². The Hall–Kier alpha value is -4.14. The molecular weight excluding hydrogens is 417 g/mol. The Bertz CT molecular complexity index is 1190. The normalized spacial score (nSPS) is 11.0. The molecule has 0 bridgehead atoms. The zero-order valence-corrected chi connectivity index (χ0v) is 18.9.